The third-order valence-corrected chi connectivity index (χ3v) is 7.05. The molecule has 1 aliphatic rings. The lowest BCUT2D eigenvalue weighted by Gasteiger charge is -2.21. The monoisotopic (exact) mass is 560 g/mol. The van der Waals surface area contributed by atoms with E-state index in [1.54, 1.807) is 0 Å². The lowest BCUT2D eigenvalue weighted by atomic mass is 9.96. The van der Waals surface area contributed by atoms with E-state index < -0.39 is 29.8 Å². The van der Waals surface area contributed by atoms with Crippen molar-refractivity contribution in [2.75, 3.05) is 26.8 Å². The predicted molar refractivity (Wildman–Crippen MR) is 152 cm³/mol. The van der Waals surface area contributed by atoms with Crippen LogP contribution in [0.2, 0.25) is 0 Å². The van der Waals surface area contributed by atoms with Gasteiger partial charge in [-0.3, -0.25) is 19.2 Å². The van der Waals surface area contributed by atoms with E-state index in [1.165, 1.54) is 14.0 Å². The number of aromatic nitrogens is 2. The third kappa shape index (κ3) is 6.23. The number of fused-ring (bicyclic) bond motifs is 7. The van der Waals surface area contributed by atoms with Crippen LogP contribution in [0.1, 0.15) is 18.1 Å². The third-order valence-electron chi connectivity index (χ3n) is 7.05. The molecule has 6 N–H and O–H groups in total. The van der Waals surface area contributed by atoms with Gasteiger partial charge in [0.15, 0.2) is 0 Å². The molecule has 5 rings (SSSR count). The summed E-state index contributed by atoms with van der Waals surface area (Å²) in [5.41, 5.74) is 5.01. The lowest BCUT2D eigenvalue weighted by Crippen LogP contribution is -2.50. The first kappa shape index (κ1) is 27.9. The van der Waals surface area contributed by atoms with Crippen molar-refractivity contribution in [2.24, 2.45) is 0 Å². The minimum Gasteiger partial charge on any atom is -0.353 e. The van der Waals surface area contributed by atoms with Gasteiger partial charge in [-0.1, -0.05) is 36.4 Å². The minimum atomic E-state index is -0.954. The number of carbonyl (C=O) groups is 4. The number of nitrogens with one attached hydrogen (secondary N) is 6. The summed E-state index contributed by atoms with van der Waals surface area (Å²) in [5, 5.41) is 12.6. The fourth-order valence-electron chi connectivity index (χ4n) is 5.27. The summed E-state index contributed by atoms with van der Waals surface area (Å²) in [5.74, 6) is -1.87. The molecule has 4 amide bonds. The Hall–Kier alpha value is -4.68. The molecule has 0 saturated carbocycles. The first-order valence-corrected chi connectivity index (χ1v) is 13.3. The average molecular weight is 561 g/mol. The molecule has 2 aromatic carbocycles. The number of carbonyl (C=O) groups excluding carboxylic acids is 4. The van der Waals surface area contributed by atoms with E-state index in [2.05, 4.69) is 31.2 Å². The molecule has 0 bridgehead atoms. The van der Waals surface area contributed by atoms with Gasteiger partial charge in [-0.15, -0.1) is 0 Å². The highest BCUT2D eigenvalue weighted by atomic mass is 17.2. The normalized spacial score (nSPS) is 18.7. The van der Waals surface area contributed by atoms with E-state index in [0.717, 1.165) is 44.3 Å². The highest BCUT2D eigenvalue weighted by Gasteiger charge is 2.28. The zero-order valence-corrected chi connectivity index (χ0v) is 22.8. The van der Waals surface area contributed by atoms with Crippen LogP contribution in [0.4, 0.5) is 0 Å². The second-order valence-electron chi connectivity index (χ2n) is 9.92. The summed E-state index contributed by atoms with van der Waals surface area (Å²) in [4.78, 5) is 67.6. The number of hydrogen-bond donors (Lipinski definition) is 6. The maximum atomic E-state index is 13.2. The number of benzene rings is 2. The van der Waals surface area contributed by atoms with E-state index in [0.29, 0.717) is 6.42 Å². The van der Waals surface area contributed by atoms with Crippen LogP contribution in [0.3, 0.4) is 0 Å². The molecule has 0 spiro atoms. The number of H-pyrrole nitrogens is 2. The van der Waals surface area contributed by atoms with Crippen molar-refractivity contribution in [1.82, 2.24) is 31.2 Å². The number of amides is 4. The van der Waals surface area contributed by atoms with Crippen molar-refractivity contribution in [3.05, 3.63) is 59.7 Å². The van der Waals surface area contributed by atoms with Gasteiger partial charge in [0.2, 0.25) is 23.6 Å². The Morgan fingerprint density at radius 3 is 2.05 bits per heavy atom. The molecule has 12 nitrogen and oxygen atoms in total. The van der Waals surface area contributed by atoms with Crippen LogP contribution in [0.5, 0.6) is 0 Å². The Kier molecular flexibility index (Phi) is 8.31. The van der Waals surface area contributed by atoms with Crippen molar-refractivity contribution < 1.29 is 29.0 Å². The van der Waals surface area contributed by atoms with Crippen molar-refractivity contribution >= 4 is 45.4 Å². The number of rotatable bonds is 4. The molecule has 41 heavy (non-hydrogen) atoms. The Labute approximate surface area is 235 Å². The van der Waals surface area contributed by atoms with Gasteiger partial charge < -0.3 is 31.2 Å². The molecule has 0 aliphatic carbocycles. The van der Waals surface area contributed by atoms with Crippen molar-refractivity contribution in [2.45, 2.75) is 31.8 Å². The quantitative estimate of drug-likeness (QED) is 0.162. The summed E-state index contributed by atoms with van der Waals surface area (Å²) in [6.07, 6.45) is 0.529. The van der Waals surface area contributed by atoms with E-state index in [-0.39, 0.29) is 32.0 Å². The summed E-state index contributed by atoms with van der Waals surface area (Å²) in [6.45, 7) is 0.757. The smallest absolute Gasteiger partial charge is 0.243 e. The summed E-state index contributed by atoms with van der Waals surface area (Å²) >= 11 is 0. The van der Waals surface area contributed by atoms with Gasteiger partial charge in [-0.2, -0.15) is 0 Å². The van der Waals surface area contributed by atoms with Crippen LogP contribution >= 0.6 is 0 Å². The number of para-hydroxylation sites is 2. The molecule has 0 saturated heterocycles. The average Bonchev–Trinajstić information content (AvgIpc) is 3.50. The molecular weight excluding hydrogens is 528 g/mol. The van der Waals surface area contributed by atoms with E-state index >= 15 is 0 Å². The van der Waals surface area contributed by atoms with E-state index in [4.69, 9.17) is 9.78 Å². The molecule has 4 aromatic rings. The molecular formula is C29H32N6O6. The minimum absolute atomic E-state index is 0.0648. The number of aromatic amines is 2. The molecule has 2 aromatic heterocycles. The van der Waals surface area contributed by atoms with Crippen LogP contribution < -0.4 is 21.3 Å². The first-order valence-electron chi connectivity index (χ1n) is 13.3. The molecule has 0 radical (unpaired) electrons. The zero-order chi connectivity index (χ0) is 28.9. The maximum absolute atomic E-state index is 13.2. The second kappa shape index (κ2) is 12.2. The molecule has 2 unspecified atom stereocenters. The largest absolute Gasteiger partial charge is 0.353 e. The van der Waals surface area contributed by atoms with Gasteiger partial charge in [-0.25, -0.2) is 9.78 Å². The SMILES string of the molecule is COOCC1Cc2c([nH]c3ccccc23)-c2[nH]c3ccccc3c2CC(NC(C)=O)C(=O)NCC(=O)NCC(=O)N1. The lowest BCUT2D eigenvalue weighted by molar-refractivity contribution is -0.275. The van der Waals surface area contributed by atoms with E-state index in [9.17, 15) is 19.2 Å². The van der Waals surface area contributed by atoms with Crippen LogP contribution in [0.15, 0.2) is 48.5 Å². The molecule has 12 heteroatoms. The van der Waals surface area contributed by atoms with Crippen molar-refractivity contribution in [3.8, 4) is 11.4 Å². The maximum Gasteiger partial charge on any atom is 0.243 e. The highest BCUT2D eigenvalue weighted by Crippen LogP contribution is 2.36. The first-order chi connectivity index (χ1) is 19.8. The van der Waals surface area contributed by atoms with Crippen LogP contribution in [-0.4, -0.2) is 72.5 Å². The summed E-state index contributed by atoms with van der Waals surface area (Å²) in [7, 11) is 1.39. The topological polar surface area (TPSA) is 166 Å². The zero-order valence-electron chi connectivity index (χ0n) is 22.8. The molecule has 2 atom stereocenters. The standard InChI is InChI=1S/C29H32N6O6/c1-16(36)32-24-12-21-19-8-4-6-10-23(19)35-28(21)27-20(18-7-3-5-9-22(18)34-27)11-17(15-41-40-2)33-26(38)14-30-25(37)13-31-29(24)39/h3-10,17,24,34-35H,11-15H2,1-2H3,(H,30,37)(H,31,39)(H,32,36)(H,33,38). The Morgan fingerprint density at radius 2 is 1.44 bits per heavy atom. The van der Waals surface area contributed by atoms with E-state index in [1.807, 2.05) is 48.5 Å². The Bertz CT molecular complexity index is 1610. The van der Waals surface area contributed by atoms with Crippen LogP contribution in [-0.2, 0) is 41.8 Å². The molecule has 214 valence electrons. The summed E-state index contributed by atoms with van der Waals surface area (Å²) < 4.78 is 0. The fourth-order valence-corrected chi connectivity index (χ4v) is 5.27. The van der Waals surface area contributed by atoms with Crippen LogP contribution in [0, 0.1) is 0 Å². The van der Waals surface area contributed by atoms with Crippen LogP contribution in [0.25, 0.3) is 33.2 Å². The van der Waals surface area contributed by atoms with Gasteiger partial charge in [0.05, 0.1) is 37.6 Å². The van der Waals surface area contributed by atoms with Crippen molar-refractivity contribution in [1.29, 1.82) is 0 Å². The van der Waals surface area contributed by atoms with Gasteiger partial charge >= 0.3 is 0 Å². The Balaban J connectivity index is 1.70. The number of hydrogen-bond acceptors (Lipinski definition) is 6. The predicted octanol–water partition coefficient (Wildman–Crippen LogP) is 1.21. The molecule has 3 heterocycles. The molecule has 0 fully saturated rings. The fraction of sp³-hybridized carbons (Fsp3) is 0.310. The summed E-state index contributed by atoms with van der Waals surface area (Å²) in [6, 6.07) is 14.1. The highest BCUT2D eigenvalue weighted by molar-refractivity contribution is 5.97. The second-order valence-corrected chi connectivity index (χ2v) is 9.92. The molecule has 1 aliphatic heterocycles. The van der Waals surface area contributed by atoms with Crippen molar-refractivity contribution in [3.63, 3.8) is 0 Å². The van der Waals surface area contributed by atoms with Gasteiger partial charge in [0, 0.05) is 35.2 Å². The van der Waals surface area contributed by atoms with Gasteiger partial charge in [0.1, 0.15) is 12.6 Å². The van der Waals surface area contributed by atoms with Gasteiger partial charge in [0.25, 0.3) is 0 Å². The Morgan fingerprint density at radius 1 is 0.854 bits per heavy atom. The van der Waals surface area contributed by atoms with Gasteiger partial charge in [-0.05, 0) is 29.7 Å².